The van der Waals surface area contributed by atoms with Gasteiger partial charge in [-0.05, 0) is 111 Å². The molecule has 294 valence electrons. The molecule has 2 nitrogen and oxygen atoms in total. The van der Waals surface area contributed by atoms with Gasteiger partial charge in [-0.3, -0.25) is 0 Å². The molecule has 0 aliphatic heterocycles. The summed E-state index contributed by atoms with van der Waals surface area (Å²) in [6.45, 7) is 0. The van der Waals surface area contributed by atoms with E-state index in [1.807, 2.05) is 0 Å². The second kappa shape index (κ2) is 17.6. The molecule has 0 amide bonds. The number of nitrogens with zero attached hydrogens (tertiary/aromatic N) is 2. The number of hydrogen-bond donors (Lipinski definition) is 0. The zero-order chi connectivity index (χ0) is 41.5. The second-order valence-corrected chi connectivity index (χ2v) is 15.4. The minimum Gasteiger partial charge on any atom is -0.310 e. The maximum atomic E-state index is 2.38. The minimum absolute atomic E-state index is 1.09. The largest absolute Gasteiger partial charge is 0.310 e. The van der Waals surface area contributed by atoms with E-state index in [0.717, 1.165) is 56.4 Å². The van der Waals surface area contributed by atoms with Crippen molar-refractivity contribution in [3.05, 3.63) is 267 Å². The Hall–Kier alpha value is -8.20. The second-order valence-electron chi connectivity index (χ2n) is 15.4. The molecule has 10 aromatic rings. The van der Waals surface area contributed by atoms with E-state index in [0.29, 0.717) is 0 Å². The van der Waals surface area contributed by atoms with Crippen molar-refractivity contribution in [3.63, 3.8) is 0 Å². The molecule has 0 aliphatic rings. The third-order valence-electron chi connectivity index (χ3n) is 11.5. The van der Waals surface area contributed by atoms with Crippen LogP contribution in [-0.4, -0.2) is 0 Å². The maximum Gasteiger partial charge on any atom is 0.0540 e. The summed E-state index contributed by atoms with van der Waals surface area (Å²) in [4.78, 5) is 4.74. The van der Waals surface area contributed by atoms with E-state index in [1.165, 1.54) is 33.4 Å². The molecule has 0 atom stereocenters. The van der Waals surface area contributed by atoms with Gasteiger partial charge >= 0.3 is 0 Å². The number of anilines is 6. The summed E-state index contributed by atoms with van der Waals surface area (Å²) in [6, 6.07) is 95.6. The maximum absolute atomic E-state index is 2.38. The Bertz CT molecular complexity index is 3030. The van der Waals surface area contributed by atoms with Gasteiger partial charge in [0.05, 0.1) is 11.4 Å². The van der Waals surface area contributed by atoms with Crippen LogP contribution < -0.4 is 9.80 Å². The van der Waals surface area contributed by atoms with Crippen molar-refractivity contribution in [3.8, 4) is 55.6 Å². The molecule has 0 radical (unpaired) electrons. The van der Waals surface area contributed by atoms with Gasteiger partial charge < -0.3 is 9.80 Å². The van der Waals surface area contributed by atoms with E-state index in [1.54, 1.807) is 0 Å². The first kappa shape index (κ1) is 38.0. The van der Waals surface area contributed by atoms with Crippen molar-refractivity contribution in [1.29, 1.82) is 0 Å². The first-order valence-electron chi connectivity index (χ1n) is 21.2. The van der Waals surface area contributed by atoms with E-state index in [4.69, 9.17) is 0 Å². The monoisotopic (exact) mass is 792 g/mol. The summed E-state index contributed by atoms with van der Waals surface area (Å²) >= 11 is 0. The van der Waals surface area contributed by atoms with E-state index in [-0.39, 0.29) is 0 Å². The van der Waals surface area contributed by atoms with Crippen LogP contribution in [0.25, 0.3) is 55.6 Å². The average Bonchev–Trinajstić information content (AvgIpc) is 3.36. The van der Waals surface area contributed by atoms with Crippen molar-refractivity contribution in [1.82, 2.24) is 0 Å². The topological polar surface area (TPSA) is 6.48 Å². The zero-order valence-corrected chi connectivity index (χ0v) is 34.3. The minimum atomic E-state index is 1.09. The van der Waals surface area contributed by atoms with E-state index < -0.39 is 0 Å². The van der Waals surface area contributed by atoms with Gasteiger partial charge in [-0.2, -0.15) is 0 Å². The van der Waals surface area contributed by atoms with Crippen molar-refractivity contribution in [2.24, 2.45) is 0 Å². The molecular weight excluding hydrogens is 749 g/mol. The summed E-state index contributed by atoms with van der Waals surface area (Å²) in [5, 5.41) is 0. The molecule has 0 unspecified atom stereocenters. The molecular formula is C60H44N2. The van der Waals surface area contributed by atoms with Crippen LogP contribution in [0.5, 0.6) is 0 Å². The highest BCUT2D eigenvalue weighted by molar-refractivity contribution is 5.92. The van der Waals surface area contributed by atoms with Gasteiger partial charge in [0.2, 0.25) is 0 Å². The predicted molar refractivity (Wildman–Crippen MR) is 263 cm³/mol. The van der Waals surface area contributed by atoms with Crippen LogP contribution in [0.15, 0.2) is 267 Å². The quantitative estimate of drug-likeness (QED) is 0.129. The van der Waals surface area contributed by atoms with Crippen molar-refractivity contribution in [2.75, 3.05) is 9.80 Å². The molecule has 0 N–H and O–H groups in total. The number of rotatable bonds is 11. The smallest absolute Gasteiger partial charge is 0.0540 e. The van der Waals surface area contributed by atoms with Crippen LogP contribution in [0.1, 0.15) is 0 Å². The number of para-hydroxylation sites is 4. The SMILES string of the molecule is c1ccc(-c2ccc(N(c3ccccc3)c3ccccc3-c3ccc(-c4ccccc4N(c4ccccc4)c4cccc(-c5cccc(-c6ccccc6)c5)c4)cc3)cc2)cc1. The molecule has 0 aromatic heterocycles. The highest BCUT2D eigenvalue weighted by atomic mass is 15.1. The van der Waals surface area contributed by atoms with Crippen molar-refractivity contribution < 1.29 is 0 Å². The van der Waals surface area contributed by atoms with Gasteiger partial charge in [0.15, 0.2) is 0 Å². The van der Waals surface area contributed by atoms with Crippen LogP contribution in [-0.2, 0) is 0 Å². The van der Waals surface area contributed by atoms with E-state index in [2.05, 4.69) is 277 Å². The molecule has 0 saturated carbocycles. The third kappa shape index (κ3) is 7.93. The van der Waals surface area contributed by atoms with Crippen LogP contribution in [0.2, 0.25) is 0 Å². The Morgan fingerprint density at radius 1 is 0.177 bits per heavy atom. The lowest BCUT2D eigenvalue weighted by Crippen LogP contribution is -2.11. The predicted octanol–water partition coefficient (Wildman–Crippen LogP) is 17.0. The lowest BCUT2D eigenvalue weighted by molar-refractivity contribution is 1.28. The van der Waals surface area contributed by atoms with Gasteiger partial charge in [0.25, 0.3) is 0 Å². The third-order valence-corrected chi connectivity index (χ3v) is 11.5. The fourth-order valence-electron chi connectivity index (χ4n) is 8.43. The molecule has 0 bridgehead atoms. The zero-order valence-electron chi connectivity index (χ0n) is 34.3. The highest BCUT2D eigenvalue weighted by Gasteiger charge is 2.20. The Morgan fingerprint density at radius 3 is 1.00 bits per heavy atom. The summed E-state index contributed by atoms with van der Waals surface area (Å²) in [5.41, 5.74) is 18.4. The summed E-state index contributed by atoms with van der Waals surface area (Å²) in [6.07, 6.45) is 0. The van der Waals surface area contributed by atoms with E-state index in [9.17, 15) is 0 Å². The van der Waals surface area contributed by atoms with Crippen LogP contribution in [0, 0.1) is 0 Å². The summed E-state index contributed by atoms with van der Waals surface area (Å²) in [5.74, 6) is 0. The van der Waals surface area contributed by atoms with Gasteiger partial charge in [0, 0.05) is 33.9 Å². The Kier molecular flexibility index (Phi) is 10.8. The van der Waals surface area contributed by atoms with Crippen LogP contribution >= 0.6 is 0 Å². The molecule has 0 fully saturated rings. The first-order chi connectivity index (χ1) is 30.8. The fraction of sp³-hybridized carbons (Fsp3) is 0. The molecule has 10 aromatic carbocycles. The number of benzene rings is 10. The van der Waals surface area contributed by atoms with Crippen LogP contribution in [0.4, 0.5) is 34.1 Å². The van der Waals surface area contributed by atoms with Gasteiger partial charge in [-0.15, -0.1) is 0 Å². The fourth-order valence-corrected chi connectivity index (χ4v) is 8.43. The van der Waals surface area contributed by atoms with Crippen molar-refractivity contribution >= 4 is 34.1 Å². The summed E-state index contributed by atoms with van der Waals surface area (Å²) in [7, 11) is 0. The molecule has 0 saturated heterocycles. The van der Waals surface area contributed by atoms with Gasteiger partial charge in [-0.25, -0.2) is 0 Å². The van der Waals surface area contributed by atoms with Crippen LogP contribution in [0.3, 0.4) is 0 Å². The molecule has 62 heavy (non-hydrogen) atoms. The van der Waals surface area contributed by atoms with Gasteiger partial charge in [-0.1, -0.05) is 200 Å². The Morgan fingerprint density at radius 2 is 0.484 bits per heavy atom. The van der Waals surface area contributed by atoms with Gasteiger partial charge in [0.1, 0.15) is 0 Å². The Labute approximate surface area is 364 Å². The van der Waals surface area contributed by atoms with E-state index >= 15 is 0 Å². The number of hydrogen-bond acceptors (Lipinski definition) is 2. The summed E-state index contributed by atoms with van der Waals surface area (Å²) < 4.78 is 0. The van der Waals surface area contributed by atoms with Crippen molar-refractivity contribution in [2.45, 2.75) is 0 Å². The lowest BCUT2D eigenvalue weighted by Gasteiger charge is -2.29. The standard InChI is InChI=1S/C60H44N2/c1-5-19-45(20-6-1)47-39-41-55(42-40-47)61(53-26-9-3-10-27-53)59-33-15-13-31-57(59)48-35-37-49(38-36-48)58-32-14-16-34-60(58)62(54-28-11-4-12-29-54)56-30-18-25-52(44-56)51-24-17-23-50(43-51)46-21-7-2-8-22-46/h1-44H. The first-order valence-corrected chi connectivity index (χ1v) is 21.2. The highest BCUT2D eigenvalue weighted by Crippen LogP contribution is 2.44. The molecule has 10 rings (SSSR count). The molecule has 2 heteroatoms. The molecule has 0 heterocycles. The Balaban J connectivity index is 1.02. The average molecular weight is 793 g/mol. The lowest BCUT2D eigenvalue weighted by atomic mass is 9.96. The molecule has 0 aliphatic carbocycles. The molecule has 0 spiro atoms. The normalized spacial score (nSPS) is 10.9.